The fourth-order valence-corrected chi connectivity index (χ4v) is 1.17. The van der Waals surface area contributed by atoms with Gasteiger partial charge in [0.25, 0.3) is 0 Å². The van der Waals surface area contributed by atoms with E-state index in [1.807, 2.05) is 12.1 Å². The highest BCUT2D eigenvalue weighted by Gasteiger charge is 1.98. The molecule has 0 N–H and O–H groups in total. The van der Waals surface area contributed by atoms with Crippen LogP contribution in [-0.2, 0) is 0 Å². The largest absolute Gasteiger partial charge is 0.115 e. The standard InChI is InChI=1S/C8H4BrCl/c1-2-6-4-3-5-7(10)8(6)9/h1,3-5H. The predicted molar refractivity (Wildman–Crippen MR) is 47.1 cm³/mol. The monoisotopic (exact) mass is 214 g/mol. The molecule has 0 aromatic heterocycles. The second kappa shape index (κ2) is 3.09. The molecule has 1 aromatic carbocycles. The molecule has 0 spiro atoms. The Morgan fingerprint density at radius 3 is 2.70 bits per heavy atom. The topological polar surface area (TPSA) is 0 Å². The molecule has 0 saturated carbocycles. The van der Waals surface area contributed by atoms with E-state index in [-0.39, 0.29) is 0 Å². The van der Waals surface area contributed by atoms with Crippen molar-refractivity contribution in [1.29, 1.82) is 0 Å². The Labute approximate surface area is 73.3 Å². The summed E-state index contributed by atoms with van der Waals surface area (Å²) in [6, 6.07) is 5.44. The molecule has 0 aliphatic heterocycles. The van der Waals surface area contributed by atoms with E-state index in [4.69, 9.17) is 18.0 Å². The molecule has 2 heteroatoms. The van der Waals surface area contributed by atoms with Gasteiger partial charge in [0.2, 0.25) is 0 Å². The van der Waals surface area contributed by atoms with Crippen LogP contribution in [0.5, 0.6) is 0 Å². The fraction of sp³-hybridized carbons (Fsp3) is 0. The van der Waals surface area contributed by atoms with Crippen LogP contribution in [0.3, 0.4) is 0 Å². The number of rotatable bonds is 0. The quantitative estimate of drug-likeness (QED) is 0.584. The summed E-state index contributed by atoms with van der Waals surface area (Å²) in [5, 5.41) is 0.649. The van der Waals surface area contributed by atoms with Gasteiger partial charge in [-0.2, -0.15) is 0 Å². The molecule has 0 atom stereocenters. The van der Waals surface area contributed by atoms with Crippen LogP contribution < -0.4 is 0 Å². The summed E-state index contributed by atoms with van der Waals surface area (Å²) in [4.78, 5) is 0. The van der Waals surface area contributed by atoms with Gasteiger partial charge in [0.15, 0.2) is 0 Å². The first-order valence-electron chi connectivity index (χ1n) is 2.66. The fourth-order valence-electron chi connectivity index (χ4n) is 0.615. The molecule has 0 aliphatic carbocycles. The van der Waals surface area contributed by atoms with E-state index in [0.717, 1.165) is 10.0 Å². The predicted octanol–water partition coefficient (Wildman–Crippen LogP) is 3.08. The molecule has 10 heavy (non-hydrogen) atoms. The summed E-state index contributed by atoms with van der Waals surface area (Å²) in [5.74, 6) is 2.50. The van der Waals surface area contributed by atoms with Crippen molar-refractivity contribution >= 4 is 27.5 Å². The van der Waals surface area contributed by atoms with Crippen molar-refractivity contribution < 1.29 is 0 Å². The van der Waals surface area contributed by atoms with Gasteiger partial charge >= 0.3 is 0 Å². The van der Waals surface area contributed by atoms with Crippen molar-refractivity contribution in [3.8, 4) is 12.3 Å². The number of benzene rings is 1. The summed E-state index contributed by atoms with van der Waals surface area (Å²) < 4.78 is 0.791. The highest BCUT2D eigenvalue weighted by molar-refractivity contribution is 9.10. The van der Waals surface area contributed by atoms with Gasteiger partial charge in [-0.05, 0) is 28.1 Å². The highest BCUT2D eigenvalue weighted by atomic mass is 79.9. The van der Waals surface area contributed by atoms with Crippen LogP contribution in [0.4, 0.5) is 0 Å². The van der Waals surface area contributed by atoms with E-state index in [0.29, 0.717) is 5.02 Å². The van der Waals surface area contributed by atoms with Gasteiger partial charge in [-0.3, -0.25) is 0 Å². The molecule has 0 heterocycles. The number of hydrogen-bond acceptors (Lipinski definition) is 0. The zero-order valence-electron chi connectivity index (χ0n) is 5.07. The second-order valence-corrected chi connectivity index (χ2v) is 2.95. The molecule has 50 valence electrons. The molecule has 1 rings (SSSR count). The Bertz CT molecular complexity index is 286. The Morgan fingerprint density at radius 2 is 2.20 bits per heavy atom. The SMILES string of the molecule is C#Cc1cccc(Cl)c1Br. The minimum absolute atomic E-state index is 0.649. The van der Waals surface area contributed by atoms with E-state index < -0.39 is 0 Å². The first kappa shape index (κ1) is 7.65. The van der Waals surface area contributed by atoms with Gasteiger partial charge in [0, 0.05) is 5.56 Å². The van der Waals surface area contributed by atoms with Crippen molar-refractivity contribution in [1.82, 2.24) is 0 Å². The van der Waals surface area contributed by atoms with Gasteiger partial charge in [0.1, 0.15) is 0 Å². The van der Waals surface area contributed by atoms with Crippen molar-refractivity contribution in [3.05, 3.63) is 33.3 Å². The Balaban J connectivity index is 3.31. The van der Waals surface area contributed by atoms with E-state index >= 15 is 0 Å². The Kier molecular flexibility index (Phi) is 2.37. The Morgan fingerprint density at radius 1 is 1.50 bits per heavy atom. The minimum atomic E-state index is 0.649. The van der Waals surface area contributed by atoms with Crippen LogP contribution >= 0.6 is 27.5 Å². The van der Waals surface area contributed by atoms with Gasteiger partial charge in [-0.1, -0.05) is 23.6 Å². The lowest BCUT2D eigenvalue weighted by atomic mass is 10.2. The maximum atomic E-state index is 5.75. The number of terminal acetylenes is 1. The molecule has 1 aromatic rings. The van der Waals surface area contributed by atoms with E-state index in [2.05, 4.69) is 21.9 Å². The molecule has 0 aliphatic rings. The first-order valence-corrected chi connectivity index (χ1v) is 3.83. The van der Waals surface area contributed by atoms with E-state index in [1.54, 1.807) is 6.07 Å². The van der Waals surface area contributed by atoms with Crippen LogP contribution in [0, 0.1) is 12.3 Å². The van der Waals surface area contributed by atoms with Crippen LogP contribution in [0.15, 0.2) is 22.7 Å². The van der Waals surface area contributed by atoms with E-state index in [1.165, 1.54) is 0 Å². The normalized spacial score (nSPS) is 8.90. The van der Waals surface area contributed by atoms with Gasteiger partial charge < -0.3 is 0 Å². The van der Waals surface area contributed by atoms with Crippen LogP contribution in [0.25, 0.3) is 0 Å². The summed E-state index contributed by atoms with van der Waals surface area (Å²) >= 11 is 9.02. The molecular formula is C8H4BrCl. The van der Waals surface area contributed by atoms with Crippen molar-refractivity contribution in [3.63, 3.8) is 0 Å². The lowest BCUT2D eigenvalue weighted by molar-refractivity contribution is 1.59. The summed E-state index contributed by atoms with van der Waals surface area (Å²) in [6.45, 7) is 0. The van der Waals surface area contributed by atoms with E-state index in [9.17, 15) is 0 Å². The van der Waals surface area contributed by atoms with Crippen molar-refractivity contribution in [2.75, 3.05) is 0 Å². The van der Waals surface area contributed by atoms with Crippen LogP contribution in [0.2, 0.25) is 5.02 Å². The number of hydrogen-bond donors (Lipinski definition) is 0. The molecule has 0 nitrogen and oxygen atoms in total. The lowest BCUT2D eigenvalue weighted by Crippen LogP contribution is -1.75. The molecule has 0 radical (unpaired) electrons. The van der Waals surface area contributed by atoms with Gasteiger partial charge in [-0.25, -0.2) is 0 Å². The second-order valence-electron chi connectivity index (χ2n) is 1.75. The smallest absolute Gasteiger partial charge is 0.0560 e. The summed E-state index contributed by atoms with van der Waals surface area (Å²) in [6.07, 6.45) is 5.18. The zero-order chi connectivity index (χ0) is 7.56. The van der Waals surface area contributed by atoms with Crippen LogP contribution in [0.1, 0.15) is 5.56 Å². The molecular weight excluding hydrogens is 211 g/mol. The molecule has 0 amide bonds. The summed E-state index contributed by atoms with van der Waals surface area (Å²) in [5.41, 5.74) is 0.785. The zero-order valence-corrected chi connectivity index (χ0v) is 7.41. The third-order valence-corrected chi connectivity index (χ3v) is 2.50. The molecule has 0 fully saturated rings. The highest BCUT2D eigenvalue weighted by Crippen LogP contribution is 2.24. The minimum Gasteiger partial charge on any atom is -0.115 e. The maximum absolute atomic E-state index is 5.75. The maximum Gasteiger partial charge on any atom is 0.0560 e. The summed E-state index contributed by atoms with van der Waals surface area (Å²) in [7, 11) is 0. The average Bonchev–Trinajstić information content (AvgIpc) is 1.95. The average molecular weight is 215 g/mol. The van der Waals surface area contributed by atoms with Gasteiger partial charge in [0.05, 0.1) is 9.50 Å². The molecule has 0 saturated heterocycles. The molecule has 0 bridgehead atoms. The first-order chi connectivity index (χ1) is 4.75. The van der Waals surface area contributed by atoms with Crippen molar-refractivity contribution in [2.45, 2.75) is 0 Å². The third-order valence-electron chi connectivity index (χ3n) is 1.11. The Hall–Kier alpha value is -0.450. The van der Waals surface area contributed by atoms with Crippen molar-refractivity contribution in [2.24, 2.45) is 0 Å². The lowest BCUT2D eigenvalue weighted by Gasteiger charge is -1.96. The van der Waals surface area contributed by atoms with Gasteiger partial charge in [-0.15, -0.1) is 6.42 Å². The number of halogens is 2. The van der Waals surface area contributed by atoms with Crippen LogP contribution in [-0.4, -0.2) is 0 Å². The molecule has 0 unspecified atom stereocenters. The third kappa shape index (κ3) is 1.34.